The molecule has 1 saturated heterocycles. The Morgan fingerprint density at radius 3 is 2.44 bits per heavy atom. The van der Waals surface area contributed by atoms with Crippen LogP contribution in [0.25, 0.3) is 10.8 Å². The maximum Gasteiger partial charge on any atom is 0.136 e. The van der Waals surface area contributed by atoms with Gasteiger partial charge in [0.15, 0.2) is 0 Å². The Hall–Kier alpha value is -0.700. The van der Waals surface area contributed by atoms with Crippen LogP contribution in [0.4, 0.5) is 5.82 Å². The average molecular weight is 324 g/mol. The molecule has 1 aliphatic heterocycles. The quantitative estimate of drug-likeness (QED) is 0.752. The molecule has 1 aromatic heterocycles. The maximum atomic E-state index is 4.61. The van der Waals surface area contributed by atoms with Crippen LogP contribution in [0.15, 0.2) is 34.9 Å². The molecule has 1 aliphatic rings. The summed E-state index contributed by atoms with van der Waals surface area (Å²) < 4.78 is 3.34. The Morgan fingerprint density at radius 2 is 1.72 bits per heavy atom. The molecule has 0 bridgehead atoms. The van der Waals surface area contributed by atoms with E-state index in [1.165, 1.54) is 10.8 Å². The summed E-state index contributed by atoms with van der Waals surface area (Å²) in [4.78, 5) is 6.98. The van der Waals surface area contributed by atoms with Crippen molar-refractivity contribution in [1.82, 2.24) is 9.65 Å². The van der Waals surface area contributed by atoms with Gasteiger partial charge in [0.1, 0.15) is 5.82 Å². The van der Waals surface area contributed by atoms with Crippen molar-refractivity contribution in [2.24, 2.45) is 0 Å². The highest BCUT2D eigenvalue weighted by Gasteiger charge is 2.17. The molecule has 5 heteroatoms. The van der Waals surface area contributed by atoms with Crippen LogP contribution in [0.5, 0.6) is 0 Å². The lowest BCUT2D eigenvalue weighted by Gasteiger charge is -2.33. The topological polar surface area (TPSA) is 19.4 Å². The summed E-state index contributed by atoms with van der Waals surface area (Å²) >= 11 is 3.57. The van der Waals surface area contributed by atoms with E-state index in [9.17, 15) is 0 Å². The fourth-order valence-electron chi connectivity index (χ4n) is 2.33. The van der Waals surface area contributed by atoms with Gasteiger partial charge in [0, 0.05) is 47.6 Å². The molecule has 1 fully saturated rings. The van der Waals surface area contributed by atoms with Crippen molar-refractivity contribution in [3.63, 3.8) is 0 Å². The third-order valence-electron chi connectivity index (χ3n) is 3.34. The van der Waals surface area contributed by atoms with Crippen LogP contribution in [-0.4, -0.2) is 35.8 Å². The van der Waals surface area contributed by atoms with Crippen molar-refractivity contribution < 1.29 is 0 Å². The van der Waals surface area contributed by atoms with Crippen LogP contribution in [0, 0.1) is 0 Å². The van der Waals surface area contributed by atoms with Crippen molar-refractivity contribution >= 4 is 41.9 Å². The number of hydrogen-bond acceptors (Lipinski definition) is 3. The number of fused-ring (bicyclic) bond motifs is 1. The van der Waals surface area contributed by atoms with E-state index in [4.69, 9.17) is 0 Å². The van der Waals surface area contributed by atoms with Crippen LogP contribution in [0.2, 0.25) is 0 Å². The lowest BCUT2D eigenvalue weighted by atomic mass is 10.1. The lowest BCUT2D eigenvalue weighted by molar-refractivity contribution is 0.427. The molecule has 0 saturated carbocycles. The smallest absolute Gasteiger partial charge is 0.136 e. The number of anilines is 1. The second-order valence-corrected chi connectivity index (χ2v) is 6.08. The van der Waals surface area contributed by atoms with E-state index in [1.54, 1.807) is 0 Å². The SMILES string of the molecule is PN1CCN(c2ncc(Br)c3ccccc23)CC1. The van der Waals surface area contributed by atoms with E-state index in [0.29, 0.717) is 0 Å². The van der Waals surface area contributed by atoms with Gasteiger partial charge in [0.2, 0.25) is 0 Å². The Kier molecular flexibility index (Phi) is 3.51. The van der Waals surface area contributed by atoms with Crippen molar-refractivity contribution in [3.8, 4) is 0 Å². The van der Waals surface area contributed by atoms with Gasteiger partial charge in [-0.25, -0.2) is 4.98 Å². The van der Waals surface area contributed by atoms with Crippen molar-refractivity contribution in [2.45, 2.75) is 0 Å². The van der Waals surface area contributed by atoms with Gasteiger partial charge in [-0.05, 0) is 15.9 Å². The number of pyridine rings is 1. The van der Waals surface area contributed by atoms with Gasteiger partial charge in [-0.2, -0.15) is 0 Å². The van der Waals surface area contributed by atoms with Gasteiger partial charge in [-0.3, -0.25) is 4.67 Å². The molecule has 0 spiro atoms. The van der Waals surface area contributed by atoms with Crippen LogP contribution in [-0.2, 0) is 0 Å². The number of piperazine rings is 1. The number of halogens is 1. The molecule has 1 aromatic carbocycles. The zero-order chi connectivity index (χ0) is 12.5. The normalized spacial score (nSPS) is 17.3. The highest BCUT2D eigenvalue weighted by molar-refractivity contribution is 9.10. The summed E-state index contributed by atoms with van der Waals surface area (Å²) in [6, 6.07) is 8.43. The minimum absolute atomic E-state index is 1.03. The average Bonchev–Trinajstić information content (AvgIpc) is 2.41. The van der Waals surface area contributed by atoms with Crippen LogP contribution in [0.1, 0.15) is 0 Å². The fourth-order valence-corrected chi connectivity index (χ4v) is 3.01. The minimum Gasteiger partial charge on any atom is -0.354 e. The lowest BCUT2D eigenvalue weighted by Crippen LogP contribution is -2.42. The summed E-state index contributed by atoms with van der Waals surface area (Å²) in [6.07, 6.45) is 1.91. The fraction of sp³-hybridized carbons (Fsp3) is 0.308. The monoisotopic (exact) mass is 323 g/mol. The van der Waals surface area contributed by atoms with Gasteiger partial charge in [-0.15, -0.1) is 0 Å². The highest BCUT2D eigenvalue weighted by Crippen LogP contribution is 2.30. The van der Waals surface area contributed by atoms with E-state index in [2.05, 4.69) is 64.1 Å². The first-order valence-corrected chi connectivity index (χ1v) is 7.34. The van der Waals surface area contributed by atoms with Crippen LogP contribution >= 0.6 is 25.3 Å². The molecular formula is C13H15BrN3P. The Bertz CT molecular complexity index is 567. The Balaban J connectivity index is 2.04. The molecule has 1 unspecified atom stereocenters. The molecule has 3 rings (SSSR count). The Labute approximate surface area is 118 Å². The van der Waals surface area contributed by atoms with Crippen LogP contribution in [0.3, 0.4) is 0 Å². The summed E-state index contributed by atoms with van der Waals surface area (Å²) in [5.41, 5.74) is 0. The first-order chi connectivity index (χ1) is 8.75. The predicted molar refractivity (Wildman–Crippen MR) is 82.9 cm³/mol. The number of rotatable bonds is 1. The number of benzene rings is 1. The number of aromatic nitrogens is 1. The molecule has 2 aromatic rings. The molecule has 2 heterocycles. The minimum atomic E-state index is 1.03. The molecule has 94 valence electrons. The van der Waals surface area contributed by atoms with E-state index >= 15 is 0 Å². The molecule has 0 amide bonds. The van der Waals surface area contributed by atoms with Gasteiger partial charge in [-0.1, -0.05) is 33.7 Å². The predicted octanol–water partition coefficient (Wildman–Crippen LogP) is 2.91. The van der Waals surface area contributed by atoms with Gasteiger partial charge >= 0.3 is 0 Å². The standard InChI is InChI=1S/C13H15BrN3P/c14-12-9-15-13(11-4-2-1-3-10(11)12)16-5-7-17(18)8-6-16/h1-4,9H,5-8,18H2. The second kappa shape index (κ2) is 5.12. The summed E-state index contributed by atoms with van der Waals surface area (Å²) in [7, 11) is 2.77. The first-order valence-electron chi connectivity index (χ1n) is 6.03. The number of nitrogens with zero attached hydrogens (tertiary/aromatic N) is 3. The van der Waals surface area contributed by atoms with Crippen molar-refractivity contribution in [3.05, 3.63) is 34.9 Å². The van der Waals surface area contributed by atoms with E-state index < -0.39 is 0 Å². The molecule has 3 nitrogen and oxygen atoms in total. The third-order valence-corrected chi connectivity index (χ3v) is 4.49. The Morgan fingerprint density at radius 1 is 1.06 bits per heavy atom. The summed E-state index contributed by atoms with van der Waals surface area (Å²) in [6.45, 7) is 4.19. The highest BCUT2D eigenvalue weighted by atomic mass is 79.9. The maximum absolute atomic E-state index is 4.61. The van der Waals surface area contributed by atoms with Crippen molar-refractivity contribution in [1.29, 1.82) is 0 Å². The van der Waals surface area contributed by atoms with E-state index in [0.717, 1.165) is 36.5 Å². The zero-order valence-corrected chi connectivity index (χ0v) is 12.8. The third kappa shape index (κ3) is 2.25. The summed E-state index contributed by atoms with van der Waals surface area (Å²) in [5.74, 6) is 1.10. The van der Waals surface area contributed by atoms with Gasteiger partial charge in [0.05, 0.1) is 0 Å². The summed E-state index contributed by atoms with van der Waals surface area (Å²) in [5, 5.41) is 2.46. The van der Waals surface area contributed by atoms with Crippen molar-refractivity contribution in [2.75, 3.05) is 31.1 Å². The molecule has 0 radical (unpaired) electrons. The van der Waals surface area contributed by atoms with Gasteiger partial charge < -0.3 is 4.90 Å². The first kappa shape index (κ1) is 12.3. The zero-order valence-electron chi connectivity index (χ0n) is 10.0. The second-order valence-electron chi connectivity index (χ2n) is 4.50. The largest absolute Gasteiger partial charge is 0.354 e. The molecule has 1 atom stereocenters. The molecule has 0 aliphatic carbocycles. The van der Waals surface area contributed by atoms with E-state index in [-0.39, 0.29) is 0 Å². The number of hydrogen-bond donors (Lipinski definition) is 0. The molecular weight excluding hydrogens is 309 g/mol. The van der Waals surface area contributed by atoms with Gasteiger partial charge in [0.25, 0.3) is 0 Å². The van der Waals surface area contributed by atoms with Crippen LogP contribution < -0.4 is 4.90 Å². The molecule has 18 heavy (non-hydrogen) atoms. The molecule has 0 N–H and O–H groups in total. The van der Waals surface area contributed by atoms with E-state index in [1.807, 2.05) is 6.20 Å².